The number of aliphatic carboxylic acids is 1. The van der Waals surface area contributed by atoms with Crippen LogP contribution in [0.25, 0.3) is 0 Å². The average molecular weight is 262 g/mol. The van der Waals surface area contributed by atoms with E-state index in [0.29, 0.717) is 5.82 Å². The van der Waals surface area contributed by atoms with Crippen molar-refractivity contribution in [2.45, 2.75) is 19.4 Å². The lowest BCUT2D eigenvalue weighted by atomic mass is 10.3. The number of H-pyrrole nitrogens is 1. The Morgan fingerprint density at radius 3 is 2.82 bits per heavy atom. The molecule has 0 aliphatic heterocycles. The first-order valence-corrected chi connectivity index (χ1v) is 6.53. The summed E-state index contributed by atoms with van der Waals surface area (Å²) in [6.45, 7) is 0.0927. The highest BCUT2D eigenvalue weighted by molar-refractivity contribution is 7.89. The Morgan fingerprint density at radius 2 is 2.29 bits per heavy atom. The van der Waals surface area contributed by atoms with Crippen molar-refractivity contribution in [1.82, 2.24) is 19.5 Å². The lowest BCUT2D eigenvalue weighted by Gasteiger charge is -2.15. The molecule has 0 unspecified atom stereocenters. The van der Waals surface area contributed by atoms with Gasteiger partial charge in [-0.3, -0.25) is 9.89 Å². The molecule has 1 aromatic heterocycles. The number of carbonyl (C=O) groups is 1. The third-order valence-electron chi connectivity index (χ3n) is 2.11. The SMILES string of the molecule is CN(Cc1ncn[nH]1)S(=O)(=O)CCCC(=O)O. The first-order valence-electron chi connectivity index (χ1n) is 4.92. The summed E-state index contributed by atoms with van der Waals surface area (Å²) >= 11 is 0. The molecule has 0 aliphatic carbocycles. The highest BCUT2D eigenvalue weighted by Crippen LogP contribution is 2.05. The third kappa shape index (κ3) is 4.49. The molecule has 0 fully saturated rings. The summed E-state index contributed by atoms with van der Waals surface area (Å²) in [5.74, 6) is -0.753. The standard InChI is InChI=1S/C8H14N4O4S/c1-12(5-7-9-6-10-11-7)17(15,16)4-2-3-8(13)14/h6H,2-5H2,1H3,(H,13,14)(H,9,10,11). The number of aromatic amines is 1. The predicted molar refractivity (Wildman–Crippen MR) is 58.5 cm³/mol. The molecular formula is C8H14N4O4S. The zero-order chi connectivity index (χ0) is 12.9. The summed E-state index contributed by atoms with van der Waals surface area (Å²) < 4.78 is 24.5. The van der Waals surface area contributed by atoms with E-state index in [-0.39, 0.29) is 25.1 Å². The minimum atomic E-state index is -3.45. The van der Waals surface area contributed by atoms with Gasteiger partial charge in [-0.15, -0.1) is 0 Å². The largest absolute Gasteiger partial charge is 0.481 e. The summed E-state index contributed by atoms with van der Waals surface area (Å²) in [5, 5.41) is 14.6. The summed E-state index contributed by atoms with van der Waals surface area (Å²) in [6, 6.07) is 0. The Kier molecular flexibility index (Phi) is 4.58. The fraction of sp³-hybridized carbons (Fsp3) is 0.625. The van der Waals surface area contributed by atoms with Crippen molar-refractivity contribution in [3.05, 3.63) is 12.2 Å². The van der Waals surface area contributed by atoms with Gasteiger partial charge in [0.15, 0.2) is 0 Å². The second kappa shape index (κ2) is 5.73. The number of rotatable bonds is 7. The summed E-state index contributed by atoms with van der Waals surface area (Å²) in [7, 11) is -2.03. The second-order valence-electron chi connectivity index (χ2n) is 3.50. The lowest BCUT2D eigenvalue weighted by molar-refractivity contribution is -0.137. The average Bonchev–Trinajstić information content (AvgIpc) is 2.69. The maximum Gasteiger partial charge on any atom is 0.303 e. The quantitative estimate of drug-likeness (QED) is 0.679. The van der Waals surface area contributed by atoms with Gasteiger partial charge in [-0.05, 0) is 6.42 Å². The normalized spacial score (nSPS) is 11.9. The molecule has 17 heavy (non-hydrogen) atoms. The molecule has 0 aliphatic rings. The summed E-state index contributed by atoms with van der Waals surface area (Å²) in [5.41, 5.74) is 0. The molecule has 1 rings (SSSR count). The minimum Gasteiger partial charge on any atom is -0.481 e. The predicted octanol–water partition coefficient (Wildman–Crippen LogP) is -0.569. The van der Waals surface area contributed by atoms with Gasteiger partial charge in [-0.1, -0.05) is 0 Å². The molecule has 96 valence electrons. The molecule has 0 aromatic carbocycles. The van der Waals surface area contributed by atoms with Gasteiger partial charge < -0.3 is 5.11 Å². The molecular weight excluding hydrogens is 248 g/mol. The molecule has 0 radical (unpaired) electrons. The van der Waals surface area contributed by atoms with Gasteiger partial charge in [-0.25, -0.2) is 13.4 Å². The van der Waals surface area contributed by atoms with Crippen LogP contribution in [0.4, 0.5) is 0 Å². The molecule has 2 N–H and O–H groups in total. The van der Waals surface area contributed by atoms with Crippen molar-refractivity contribution >= 4 is 16.0 Å². The van der Waals surface area contributed by atoms with Crippen molar-refractivity contribution in [2.24, 2.45) is 0 Å². The van der Waals surface area contributed by atoms with Gasteiger partial charge in [0.05, 0.1) is 12.3 Å². The molecule has 0 amide bonds. The molecule has 1 aromatic rings. The fourth-order valence-corrected chi connectivity index (χ4v) is 2.32. The van der Waals surface area contributed by atoms with E-state index < -0.39 is 16.0 Å². The van der Waals surface area contributed by atoms with Crippen molar-refractivity contribution in [3.63, 3.8) is 0 Å². The highest BCUT2D eigenvalue weighted by atomic mass is 32.2. The maximum absolute atomic E-state index is 11.7. The number of sulfonamides is 1. The highest BCUT2D eigenvalue weighted by Gasteiger charge is 2.19. The fourth-order valence-electron chi connectivity index (χ4n) is 1.18. The Labute approximate surface area is 98.7 Å². The van der Waals surface area contributed by atoms with E-state index in [2.05, 4.69) is 15.2 Å². The van der Waals surface area contributed by atoms with Crippen LogP contribution in [-0.4, -0.2) is 51.8 Å². The van der Waals surface area contributed by atoms with Crippen molar-refractivity contribution < 1.29 is 18.3 Å². The maximum atomic E-state index is 11.7. The Hall–Kier alpha value is -1.48. The molecule has 0 atom stereocenters. The van der Waals surface area contributed by atoms with Gasteiger partial charge in [0, 0.05) is 13.5 Å². The van der Waals surface area contributed by atoms with Crippen molar-refractivity contribution in [3.8, 4) is 0 Å². The van der Waals surface area contributed by atoms with Gasteiger partial charge in [0.2, 0.25) is 10.0 Å². The van der Waals surface area contributed by atoms with E-state index in [9.17, 15) is 13.2 Å². The number of carboxylic acid groups (broad SMARTS) is 1. The minimum absolute atomic E-state index is 0.0927. The van der Waals surface area contributed by atoms with E-state index in [1.54, 1.807) is 0 Å². The lowest BCUT2D eigenvalue weighted by Crippen LogP contribution is -2.29. The molecule has 0 spiro atoms. The smallest absolute Gasteiger partial charge is 0.303 e. The van der Waals surface area contributed by atoms with Gasteiger partial charge in [-0.2, -0.15) is 9.40 Å². The van der Waals surface area contributed by atoms with Crippen LogP contribution < -0.4 is 0 Å². The van der Waals surface area contributed by atoms with Crippen LogP contribution in [0.3, 0.4) is 0 Å². The van der Waals surface area contributed by atoms with E-state index in [4.69, 9.17) is 5.11 Å². The molecule has 1 heterocycles. The van der Waals surface area contributed by atoms with E-state index in [1.165, 1.54) is 13.4 Å². The van der Waals surface area contributed by atoms with E-state index in [0.717, 1.165) is 4.31 Å². The molecule has 0 saturated heterocycles. The Bertz CT molecular complexity index is 456. The molecule has 0 bridgehead atoms. The van der Waals surface area contributed by atoms with Crippen molar-refractivity contribution in [1.29, 1.82) is 0 Å². The Morgan fingerprint density at radius 1 is 1.59 bits per heavy atom. The van der Waals surface area contributed by atoms with Crippen LogP contribution in [-0.2, 0) is 21.4 Å². The van der Waals surface area contributed by atoms with Crippen molar-refractivity contribution in [2.75, 3.05) is 12.8 Å². The summed E-state index contributed by atoms with van der Waals surface area (Å²) in [6.07, 6.45) is 1.23. The van der Waals surface area contributed by atoms with Crippen LogP contribution in [0, 0.1) is 0 Å². The second-order valence-corrected chi connectivity index (χ2v) is 5.70. The molecule has 0 saturated carbocycles. The van der Waals surface area contributed by atoms with Gasteiger partial charge in [0.25, 0.3) is 0 Å². The first-order chi connectivity index (χ1) is 7.92. The monoisotopic (exact) mass is 262 g/mol. The zero-order valence-electron chi connectivity index (χ0n) is 9.33. The van der Waals surface area contributed by atoms with E-state index >= 15 is 0 Å². The number of nitrogens with zero attached hydrogens (tertiary/aromatic N) is 3. The van der Waals surface area contributed by atoms with Crippen LogP contribution in [0.15, 0.2) is 6.33 Å². The number of carboxylic acids is 1. The number of hydrogen-bond donors (Lipinski definition) is 2. The Balaban J connectivity index is 2.49. The number of aromatic nitrogens is 3. The first kappa shape index (κ1) is 13.6. The summed E-state index contributed by atoms with van der Waals surface area (Å²) in [4.78, 5) is 14.1. The van der Waals surface area contributed by atoms with Gasteiger partial charge >= 0.3 is 5.97 Å². The molecule has 9 heteroatoms. The number of hydrogen-bond acceptors (Lipinski definition) is 5. The molecule has 8 nitrogen and oxygen atoms in total. The van der Waals surface area contributed by atoms with Crippen LogP contribution in [0.1, 0.15) is 18.7 Å². The van der Waals surface area contributed by atoms with Crippen LogP contribution in [0.2, 0.25) is 0 Å². The van der Waals surface area contributed by atoms with Gasteiger partial charge in [0.1, 0.15) is 12.2 Å². The zero-order valence-corrected chi connectivity index (χ0v) is 10.1. The number of nitrogens with one attached hydrogen (secondary N) is 1. The third-order valence-corrected chi connectivity index (χ3v) is 3.99. The topological polar surface area (TPSA) is 116 Å². The van der Waals surface area contributed by atoms with Crippen LogP contribution >= 0.6 is 0 Å². The van der Waals surface area contributed by atoms with E-state index in [1.807, 2.05) is 0 Å². The van der Waals surface area contributed by atoms with Crippen LogP contribution in [0.5, 0.6) is 0 Å².